The third-order valence-corrected chi connectivity index (χ3v) is 1.38. The Balaban J connectivity index is 3.12. The van der Waals surface area contributed by atoms with Gasteiger partial charge < -0.3 is 9.66 Å². The van der Waals surface area contributed by atoms with Gasteiger partial charge in [0.15, 0.2) is 5.38 Å². The van der Waals surface area contributed by atoms with Crippen LogP contribution in [0.25, 0.3) is 0 Å². The molecule has 0 radical (unpaired) electrons. The molecule has 38 valence electrons. The Morgan fingerprint density at radius 3 is 2.71 bits per heavy atom. The molecule has 0 amide bonds. The van der Waals surface area contributed by atoms with E-state index in [9.17, 15) is 4.55 Å². The van der Waals surface area contributed by atoms with Gasteiger partial charge in [-0.1, -0.05) is 0 Å². The van der Waals surface area contributed by atoms with E-state index in [1.165, 1.54) is 11.6 Å². The topological polar surface area (TPSA) is 56.2 Å². The molecular weight excluding hydrogens is 114 g/mol. The van der Waals surface area contributed by atoms with E-state index in [1.54, 1.807) is 0 Å². The second kappa shape index (κ2) is 1.48. The monoisotopic (exact) mass is 117 g/mol. The minimum absolute atomic E-state index is 0.306. The first-order valence-corrected chi connectivity index (χ1v) is 2.86. The molecule has 0 aliphatic carbocycles. The van der Waals surface area contributed by atoms with Crippen molar-refractivity contribution in [2.75, 3.05) is 0 Å². The highest BCUT2D eigenvalue weighted by Gasteiger charge is 1.98. The molecule has 7 heavy (non-hydrogen) atoms. The van der Waals surface area contributed by atoms with E-state index in [-0.39, 0.29) is 5.19 Å². The molecule has 1 heterocycles. The zero-order valence-corrected chi connectivity index (χ0v) is 4.18. The van der Waals surface area contributed by atoms with Crippen molar-refractivity contribution in [3.63, 3.8) is 0 Å². The summed E-state index contributed by atoms with van der Waals surface area (Å²) >= 11 is 0. The molecule has 1 rings (SSSR count). The molecule has 1 atom stereocenters. The average Bonchev–Trinajstić information content (AvgIpc) is 1.91. The summed E-state index contributed by atoms with van der Waals surface area (Å²) in [6.45, 7) is 0. The molecule has 0 aliphatic rings. The molecule has 0 aromatic carbocycles. The molecule has 0 fully saturated rings. The van der Waals surface area contributed by atoms with Gasteiger partial charge in [-0.3, -0.25) is 0 Å². The van der Waals surface area contributed by atoms with E-state index in [4.69, 9.17) is 5.11 Å². The largest absolute Gasteiger partial charge is 0.586 e. The highest BCUT2D eigenvalue weighted by molar-refractivity contribution is 7.24. The van der Waals surface area contributed by atoms with Crippen LogP contribution in [0.5, 0.6) is 5.19 Å². The Bertz CT molecular complexity index is 145. The van der Waals surface area contributed by atoms with E-state index in [0.717, 1.165) is 0 Å². The van der Waals surface area contributed by atoms with Crippen LogP contribution < -0.4 is 0 Å². The number of hydrogen-bond acceptors (Lipinski definition) is 3. The van der Waals surface area contributed by atoms with Gasteiger partial charge >= 0.3 is 5.19 Å². The van der Waals surface area contributed by atoms with Crippen LogP contribution >= 0.6 is 10.8 Å². The van der Waals surface area contributed by atoms with E-state index in [1.807, 2.05) is 0 Å². The Morgan fingerprint density at radius 2 is 2.57 bits per heavy atom. The van der Waals surface area contributed by atoms with E-state index < -0.39 is 10.8 Å². The fraction of sp³-hybridized carbons (Fsp3) is 0. The molecule has 1 unspecified atom stereocenters. The smallest absolute Gasteiger partial charge is 0.431 e. The molecule has 1 aromatic heterocycles. The van der Waals surface area contributed by atoms with Gasteiger partial charge in [-0.2, -0.15) is 4.98 Å². The molecule has 1 aromatic rings. The molecule has 0 saturated heterocycles. The Hall–Kier alpha value is -0.610. The van der Waals surface area contributed by atoms with E-state index in [2.05, 4.69) is 4.98 Å². The maximum atomic E-state index is 10.2. The molecule has 1 N–H and O–H groups in total. The first-order chi connectivity index (χ1) is 3.30. The maximum Gasteiger partial charge on any atom is 0.431 e. The number of hydrogen-bond donors (Lipinski definition) is 1. The summed E-state index contributed by atoms with van der Waals surface area (Å²) in [5, 5.41) is 9.39. The Labute approximate surface area is 43.1 Å². The summed E-state index contributed by atoms with van der Waals surface area (Å²) in [6, 6.07) is 0. The normalized spacial score (nSPS) is 11.9. The summed E-state index contributed by atoms with van der Waals surface area (Å²) in [4.78, 5) is 3.31. The van der Waals surface area contributed by atoms with Gasteiger partial charge in [0, 0.05) is 10.8 Å². The lowest BCUT2D eigenvalue weighted by Crippen LogP contribution is -1.55. The van der Waals surface area contributed by atoms with Crippen molar-refractivity contribution in [3.8, 4) is 5.19 Å². The number of aromatic hydroxyl groups is 1. The lowest BCUT2D eigenvalue weighted by Gasteiger charge is -1.79. The van der Waals surface area contributed by atoms with Gasteiger partial charge in [-0.05, 0) is 0 Å². The van der Waals surface area contributed by atoms with Crippen molar-refractivity contribution < 1.29 is 9.66 Å². The zero-order valence-electron chi connectivity index (χ0n) is 3.37. The van der Waals surface area contributed by atoms with Crippen LogP contribution in [0.15, 0.2) is 11.6 Å². The fourth-order valence-electron chi connectivity index (χ4n) is 0.262. The standard InChI is InChI=1S/C3H3NO2S/c5-3-4-1-2-7(3)6/h1-2H,(H,4,5). The van der Waals surface area contributed by atoms with Gasteiger partial charge in [-0.25, -0.2) is 0 Å². The van der Waals surface area contributed by atoms with Crippen LogP contribution in [-0.2, 0) is 0 Å². The van der Waals surface area contributed by atoms with Gasteiger partial charge in [0.25, 0.3) is 0 Å². The second-order valence-corrected chi connectivity index (χ2v) is 2.23. The predicted molar refractivity (Wildman–Crippen MR) is 24.6 cm³/mol. The van der Waals surface area contributed by atoms with Crippen molar-refractivity contribution >= 4 is 10.8 Å². The van der Waals surface area contributed by atoms with Crippen molar-refractivity contribution in [1.29, 1.82) is 0 Å². The second-order valence-electron chi connectivity index (χ2n) is 0.994. The minimum Gasteiger partial charge on any atom is -0.586 e. The SMILES string of the molecule is [O-][s+]1ccnc1O. The molecule has 3 nitrogen and oxygen atoms in total. The van der Waals surface area contributed by atoms with Crippen LogP contribution in [-0.4, -0.2) is 14.6 Å². The molecule has 0 aliphatic heterocycles. The quantitative estimate of drug-likeness (QED) is 0.504. The Morgan fingerprint density at radius 1 is 1.86 bits per heavy atom. The molecule has 0 bridgehead atoms. The highest BCUT2D eigenvalue weighted by atomic mass is 32.2. The zero-order chi connectivity index (χ0) is 5.28. The van der Waals surface area contributed by atoms with Crippen molar-refractivity contribution in [2.24, 2.45) is 0 Å². The van der Waals surface area contributed by atoms with Crippen molar-refractivity contribution in [2.45, 2.75) is 0 Å². The Kier molecular flexibility index (Phi) is 0.958. The summed E-state index contributed by atoms with van der Waals surface area (Å²) in [5.74, 6) is 0. The van der Waals surface area contributed by atoms with Crippen molar-refractivity contribution in [3.05, 3.63) is 11.6 Å². The number of nitrogens with zero attached hydrogens (tertiary/aromatic N) is 1. The van der Waals surface area contributed by atoms with Crippen LogP contribution in [0.3, 0.4) is 0 Å². The third-order valence-electron chi connectivity index (χ3n) is 0.549. The molecular formula is C3H3NO2S. The molecule has 4 heteroatoms. The van der Waals surface area contributed by atoms with Crippen LogP contribution in [0.2, 0.25) is 0 Å². The lowest BCUT2D eigenvalue weighted by atomic mass is 11.0. The van der Waals surface area contributed by atoms with Crippen molar-refractivity contribution in [1.82, 2.24) is 4.98 Å². The number of aromatic nitrogens is 1. The minimum atomic E-state index is -1.34. The van der Waals surface area contributed by atoms with E-state index >= 15 is 0 Å². The van der Waals surface area contributed by atoms with Crippen LogP contribution in [0, 0.1) is 0 Å². The average molecular weight is 117 g/mol. The molecule has 0 spiro atoms. The van der Waals surface area contributed by atoms with Gasteiger partial charge in [0.1, 0.15) is 0 Å². The number of thiazole rings is 1. The fourth-order valence-corrected chi connectivity index (χ4v) is 0.720. The predicted octanol–water partition coefficient (Wildman–Crippen LogP) is 0.515. The number of rotatable bonds is 0. The summed E-state index contributed by atoms with van der Waals surface area (Å²) in [7, 11) is -1.34. The van der Waals surface area contributed by atoms with Gasteiger partial charge in [-0.15, -0.1) is 0 Å². The van der Waals surface area contributed by atoms with Crippen LogP contribution in [0.4, 0.5) is 0 Å². The summed E-state index contributed by atoms with van der Waals surface area (Å²) < 4.78 is 10.2. The van der Waals surface area contributed by atoms with Gasteiger partial charge in [0.05, 0.1) is 6.20 Å². The lowest BCUT2D eigenvalue weighted by molar-refractivity contribution is 0.458. The third kappa shape index (κ3) is 0.703. The van der Waals surface area contributed by atoms with Gasteiger partial charge in [0.2, 0.25) is 0 Å². The first-order valence-electron chi connectivity index (χ1n) is 1.65. The highest BCUT2D eigenvalue weighted by Crippen LogP contribution is 2.21. The maximum absolute atomic E-state index is 10.2. The summed E-state index contributed by atoms with van der Waals surface area (Å²) in [6.07, 6.45) is 1.31. The molecule has 0 saturated carbocycles. The van der Waals surface area contributed by atoms with E-state index in [0.29, 0.717) is 0 Å². The summed E-state index contributed by atoms with van der Waals surface area (Å²) in [5.41, 5.74) is 0. The van der Waals surface area contributed by atoms with Crippen LogP contribution in [0.1, 0.15) is 0 Å². The first kappa shape index (κ1) is 4.55.